The van der Waals surface area contributed by atoms with E-state index in [2.05, 4.69) is 26.1 Å². The number of aliphatic hydroxyl groups is 1. The fraction of sp³-hybridized carbons (Fsp3) is 1.00. The zero-order valence-corrected chi connectivity index (χ0v) is 15.0. The average molecular weight is 337 g/mol. The highest BCUT2D eigenvalue weighted by atomic mass is 16.6. The molecule has 7 nitrogen and oxygen atoms in total. The van der Waals surface area contributed by atoms with Gasteiger partial charge in [-0.05, 0) is 20.8 Å². The van der Waals surface area contributed by atoms with Gasteiger partial charge in [-0.1, -0.05) is 0 Å². The molecule has 0 aromatic rings. The van der Waals surface area contributed by atoms with Crippen LogP contribution < -0.4 is 5.32 Å². The molecule has 23 heavy (non-hydrogen) atoms. The van der Waals surface area contributed by atoms with Gasteiger partial charge in [-0.25, -0.2) is 0 Å². The molecular weight excluding hydrogens is 302 g/mol. The molecule has 0 aromatic carbocycles. The average Bonchev–Trinajstić information content (AvgIpc) is 2.49. The van der Waals surface area contributed by atoms with E-state index >= 15 is 0 Å². The Balaban J connectivity index is 3.00. The lowest BCUT2D eigenvalue weighted by Crippen LogP contribution is -2.38. The van der Waals surface area contributed by atoms with Gasteiger partial charge in [-0.3, -0.25) is 0 Å². The summed E-state index contributed by atoms with van der Waals surface area (Å²) >= 11 is 0. The first-order chi connectivity index (χ1) is 11.1. The molecule has 0 aliphatic heterocycles. The van der Waals surface area contributed by atoms with E-state index in [-0.39, 0.29) is 12.1 Å². The summed E-state index contributed by atoms with van der Waals surface area (Å²) in [7, 11) is 0. The minimum absolute atomic E-state index is 0.0436. The molecule has 0 saturated heterocycles. The highest BCUT2D eigenvalue weighted by Crippen LogP contribution is 1.96. The second-order valence-electron chi connectivity index (χ2n) is 5.96. The van der Waals surface area contributed by atoms with Gasteiger partial charge < -0.3 is 34.1 Å². The van der Waals surface area contributed by atoms with Crippen molar-refractivity contribution < 1.29 is 28.8 Å². The Bertz CT molecular complexity index is 235. The van der Waals surface area contributed by atoms with Gasteiger partial charge in [-0.2, -0.15) is 0 Å². The predicted octanol–water partition coefficient (Wildman–Crippen LogP) is 0.450. The van der Waals surface area contributed by atoms with Crippen molar-refractivity contribution in [2.45, 2.75) is 26.3 Å². The molecule has 0 radical (unpaired) electrons. The molecule has 0 spiro atoms. The van der Waals surface area contributed by atoms with Gasteiger partial charge in [0, 0.05) is 12.1 Å². The largest absolute Gasteiger partial charge is 0.394 e. The molecule has 2 N–H and O–H groups in total. The van der Waals surface area contributed by atoms with Crippen LogP contribution in [0.5, 0.6) is 0 Å². The number of hydrogen-bond acceptors (Lipinski definition) is 7. The van der Waals surface area contributed by atoms with Crippen LogP contribution in [0.15, 0.2) is 0 Å². The van der Waals surface area contributed by atoms with Crippen molar-refractivity contribution in [1.29, 1.82) is 0 Å². The Kier molecular flexibility index (Phi) is 16.4. The Morgan fingerprint density at radius 1 is 0.609 bits per heavy atom. The summed E-state index contributed by atoms with van der Waals surface area (Å²) in [6.45, 7) is 12.7. The van der Waals surface area contributed by atoms with Crippen LogP contribution >= 0.6 is 0 Å². The molecule has 0 unspecified atom stereocenters. The molecule has 0 amide bonds. The third-order valence-electron chi connectivity index (χ3n) is 2.63. The zero-order valence-electron chi connectivity index (χ0n) is 15.0. The van der Waals surface area contributed by atoms with Crippen molar-refractivity contribution in [3.63, 3.8) is 0 Å². The van der Waals surface area contributed by atoms with E-state index in [0.717, 1.165) is 6.54 Å². The van der Waals surface area contributed by atoms with Gasteiger partial charge in [0.05, 0.1) is 72.7 Å². The van der Waals surface area contributed by atoms with Crippen LogP contribution in [0.2, 0.25) is 0 Å². The molecule has 0 bridgehead atoms. The number of hydrogen-bond donors (Lipinski definition) is 2. The van der Waals surface area contributed by atoms with E-state index in [1.807, 2.05) is 0 Å². The van der Waals surface area contributed by atoms with Crippen LogP contribution in [0.4, 0.5) is 0 Å². The molecule has 0 aromatic heterocycles. The lowest BCUT2D eigenvalue weighted by molar-refractivity contribution is -0.0132. The predicted molar refractivity (Wildman–Crippen MR) is 88.9 cm³/mol. The monoisotopic (exact) mass is 337 g/mol. The van der Waals surface area contributed by atoms with Crippen LogP contribution in [0.25, 0.3) is 0 Å². The van der Waals surface area contributed by atoms with Crippen molar-refractivity contribution in [2.75, 3.05) is 79.2 Å². The van der Waals surface area contributed by atoms with E-state index in [0.29, 0.717) is 66.1 Å². The lowest BCUT2D eigenvalue weighted by Gasteiger charge is -2.20. The smallest absolute Gasteiger partial charge is 0.0701 e. The van der Waals surface area contributed by atoms with Crippen molar-refractivity contribution in [1.82, 2.24) is 5.32 Å². The Hall–Kier alpha value is -0.280. The Morgan fingerprint density at radius 2 is 0.957 bits per heavy atom. The topological polar surface area (TPSA) is 78.4 Å². The standard InChI is InChI=1S/C16H35NO6/c1-16(2,3)17-4-6-19-8-10-21-12-14-23-15-13-22-11-9-20-7-5-18/h17-18H,4-15H2,1-3H3. The normalized spacial score (nSPS) is 12.0. The number of aliphatic hydroxyl groups excluding tert-OH is 1. The van der Waals surface area contributed by atoms with E-state index in [4.69, 9.17) is 28.8 Å². The number of nitrogens with one attached hydrogen (secondary N) is 1. The molecule has 0 fully saturated rings. The van der Waals surface area contributed by atoms with Gasteiger partial charge in [0.15, 0.2) is 0 Å². The second kappa shape index (κ2) is 16.6. The summed E-state index contributed by atoms with van der Waals surface area (Å²) in [4.78, 5) is 0. The molecular formula is C16H35NO6. The first-order valence-electron chi connectivity index (χ1n) is 8.31. The van der Waals surface area contributed by atoms with E-state index in [9.17, 15) is 0 Å². The van der Waals surface area contributed by atoms with Crippen molar-refractivity contribution >= 4 is 0 Å². The lowest BCUT2D eigenvalue weighted by atomic mass is 10.1. The summed E-state index contributed by atoms with van der Waals surface area (Å²) in [6.07, 6.45) is 0. The van der Waals surface area contributed by atoms with Crippen LogP contribution in [0.3, 0.4) is 0 Å². The Morgan fingerprint density at radius 3 is 1.30 bits per heavy atom. The zero-order chi connectivity index (χ0) is 17.2. The van der Waals surface area contributed by atoms with Gasteiger partial charge in [0.2, 0.25) is 0 Å². The second-order valence-corrected chi connectivity index (χ2v) is 5.96. The Labute approximate surface area is 140 Å². The minimum atomic E-state index is 0.0436. The first kappa shape index (κ1) is 22.7. The van der Waals surface area contributed by atoms with E-state index in [1.165, 1.54) is 0 Å². The minimum Gasteiger partial charge on any atom is -0.394 e. The van der Waals surface area contributed by atoms with Crippen LogP contribution in [0.1, 0.15) is 20.8 Å². The highest BCUT2D eigenvalue weighted by molar-refractivity contribution is 4.69. The third-order valence-corrected chi connectivity index (χ3v) is 2.63. The van der Waals surface area contributed by atoms with Crippen molar-refractivity contribution in [3.05, 3.63) is 0 Å². The fourth-order valence-corrected chi connectivity index (χ4v) is 1.54. The first-order valence-corrected chi connectivity index (χ1v) is 8.31. The molecule has 140 valence electrons. The molecule has 7 heteroatoms. The summed E-state index contributed by atoms with van der Waals surface area (Å²) < 4.78 is 26.6. The molecule has 0 aliphatic carbocycles. The molecule has 0 atom stereocenters. The van der Waals surface area contributed by atoms with Crippen LogP contribution in [-0.2, 0) is 23.7 Å². The maximum absolute atomic E-state index is 8.50. The summed E-state index contributed by atoms with van der Waals surface area (Å²) in [6, 6.07) is 0. The number of ether oxygens (including phenoxy) is 5. The summed E-state index contributed by atoms with van der Waals surface area (Å²) in [5, 5.41) is 11.9. The molecule has 0 rings (SSSR count). The van der Waals surface area contributed by atoms with Crippen molar-refractivity contribution in [3.8, 4) is 0 Å². The third kappa shape index (κ3) is 21.7. The summed E-state index contributed by atoms with van der Waals surface area (Å²) in [5.74, 6) is 0. The highest BCUT2D eigenvalue weighted by Gasteiger charge is 2.06. The van der Waals surface area contributed by atoms with Gasteiger partial charge in [0.1, 0.15) is 0 Å². The SMILES string of the molecule is CC(C)(C)NCCOCCOCCOCCOCCOCCO. The van der Waals surface area contributed by atoms with E-state index < -0.39 is 0 Å². The van der Waals surface area contributed by atoms with Gasteiger partial charge >= 0.3 is 0 Å². The fourth-order valence-electron chi connectivity index (χ4n) is 1.54. The maximum atomic E-state index is 8.50. The van der Waals surface area contributed by atoms with Crippen molar-refractivity contribution in [2.24, 2.45) is 0 Å². The molecule has 0 heterocycles. The molecule has 0 aliphatic rings. The number of rotatable bonds is 17. The quantitative estimate of drug-likeness (QED) is 0.373. The van der Waals surface area contributed by atoms with Crippen LogP contribution in [0, 0.1) is 0 Å². The maximum Gasteiger partial charge on any atom is 0.0701 e. The molecule has 0 saturated carbocycles. The van der Waals surface area contributed by atoms with E-state index in [1.54, 1.807) is 0 Å². The van der Waals surface area contributed by atoms with Crippen LogP contribution in [-0.4, -0.2) is 89.9 Å². The summed E-state index contributed by atoms with van der Waals surface area (Å²) in [5.41, 5.74) is 0.132. The van der Waals surface area contributed by atoms with Gasteiger partial charge in [0.25, 0.3) is 0 Å². The van der Waals surface area contributed by atoms with Gasteiger partial charge in [-0.15, -0.1) is 0 Å².